The maximum absolute atomic E-state index is 5.92. The van der Waals surface area contributed by atoms with Crippen LogP contribution in [-0.4, -0.2) is 13.7 Å². The number of hydrogen-bond donors (Lipinski definition) is 1. The molecule has 0 aliphatic heterocycles. The Bertz CT molecular complexity index is 559. The van der Waals surface area contributed by atoms with E-state index in [-0.39, 0.29) is 0 Å². The molecule has 21 heavy (non-hydrogen) atoms. The van der Waals surface area contributed by atoms with Crippen LogP contribution in [0.3, 0.4) is 0 Å². The molecule has 0 aliphatic rings. The van der Waals surface area contributed by atoms with Gasteiger partial charge in [-0.1, -0.05) is 61.5 Å². The summed E-state index contributed by atoms with van der Waals surface area (Å²) in [6.45, 7) is 2.75. The van der Waals surface area contributed by atoms with E-state index in [9.17, 15) is 0 Å². The molecule has 0 amide bonds. The molecular weight excluding hydrogens is 258 g/mol. The van der Waals surface area contributed by atoms with Crippen LogP contribution in [0.5, 0.6) is 5.75 Å². The van der Waals surface area contributed by atoms with E-state index in [4.69, 9.17) is 4.74 Å². The highest BCUT2D eigenvalue weighted by atomic mass is 16.5. The summed E-state index contributed by atoms with van der Waals surface area (Å²) in [6, 6.07) is 18.8. The summed E-state index contributed by atoms with van der Waals surface area (Å²) in [5.74, 6) is 0.955. The van der Waals surface area contributed by atoms with Crippen molar-refractivity contribution < 1.29 is 4.74 Å². The van der Waals surface area contributed by atoms with Crippen LogP contribution >= 0.6 is 0 Å². The third kappa shape index (κ3) is 4.47. The van der Waals surface area contributed by atoms with Gasteiger partial charge in [0.1, 0.15) is 12.4 Å². The molecule has 2 aromatic carbocycles. The molecule has 2 nitrogen and oxygen atoms in total. The van der Waals surface area contributed by atoms with Crippen molar-refractivity contribution in [3.05, 3.63) is 71.8 Å². The molecule has 2 heteroatoms. The fraction of sp³-hybridized carbons (Fsp3) is 0.263. The van der Waals surface area contributed by atoms with E-state index in [1.807, 2.05) is 43.5 Å². The normalized spacial score (nSPS) is 12.5. The first-order chi connectivity index (χ1) is 10.3. The van der Waals surface area contributed by atoms with E-state index in [2.05, 4.69) is 42.6 Å². The van der Waals surface area contributed by atoms with Gasteiger partial charge in [-0.3, -0.25) is 0 Å². The summed E-state index contributed by atoms with van der Waals surface area (Å²) < 4.78 is 5.92. The summed E-state index contributed by atoms with van der Waals surface area (Å²) in [5, 5.41) is 3.33. The molecule has 0 aromatic heterocycles. The van der Waals surface area contributed by atoms with Gasteiger partial charge in [0.05, 0.1) is 0 Å². The minimum Gasteiger partial charge on any atom is -0.489 e. The van der Waals surface area contributed by atoms with Crippen LogP contribution < -0.4 is 10.1 Å². The van der Waals surface area contributed by atoms with Gasteiger partial charge in [0.15, 0.2) is 0 Å². The van der Waals surface area contributed by atoms with Crippen molar-refractivity contribution >= 4 is 6.08 Å². The molecule has 0 spiro atoms. The van der Waals surface area contributed by atoms with Gasteiger partial charge in [0.25, 0.3) is 0 Å². The van der Waals surface area contributed by atoms with E-state index < -0.39 is 0 Å². The zero-order valence-electron chi connectivity index (χ0n) is 12.8. The molecule has 0 bridgehead atoms. The van der Waals surface area contributed by atoms with E-state index in [0.29, 0.717) is 12.6 Å². The fourth-order valence-electron chi connectivity index (χ4n) is 2.37. The molecule has 0 saturated carbocycles. The highest BCUT2D eigenvalue weighted by Gasteiger charge is 2.11. The Morgan fingerprint density at radius 1 is 1.05 bits per heavy atom. The van der Waals surface area contributed by atoms with Crippen molar-refractivity contribution in [3.8, 4) is 5.75 Å². The molecule has 110 valence electrons. The topological polar surface area (TPSA) is 21.3 Å². The molecule has 1 unspecified atom stereocenters. The molecule has 0 radical (unpaired) electrons. The molecule has 0 fully saturated rings. The molecule has 0 saturated heterocycles. The van der Waals surface area contributed by atoms with E-state index in [0.717, 1.165) is 12.2 Å². The van der Waals surface area contributed by atoms with Crippen LogP contribution in [0.15, 0.2) is 60.7 Å². The zero-order valence-corrected chi connectivity index (χ0v) is 12.8. The van der Waals surface area contributed by atoms with Crippen LogP contribution in [-0.2, 0) is 0 Å². The van der Waals surface area contributed by atoms with Crippen LogP contribution in [0.25, 0.3) is 6.08 Å². The summed E-state index contributed by atoms with van der Waals surface area (Å²) >= 11 is 0. The minimum absolute atomic E-state index is 0.333. The van der Waals surface area contributed by atoms with E-state index >= 15 is 0 Å². The molecule has 2 rings (SSSR count). The zero-order chi connectivity index (χ0) is 14.9. The number of ether oxygens (including phenoxy) is 1. The lowest BCUT2D eigenvalue weighted by Gasteiger charge is -2.18. The Morgan fingerprint density at radius 3 is 2.48 bits per heavy atom. The van der Waals surface area contributed by atoms with E-state index in [1.54, 1.807) is 0 Å². The first-order valence-corrected chi connectivity index (χ1v) is 7.45. The molecule has 1 atom stereocenters. The number of nitrogens with one attached hydrogen (secondary N) is 1. The Hall–Kier alpha value is -2.06. The summed E-state index contributed by atoms with van der Waals surface area (Å²) in [6.07, 6.45) is 5.17. The quantitative estimate of drug-likeness (QED) is 0.809. The third-order valence-corrected chi connectivity index (χ3v) is 3.50. The van der Waals surface area contributed by atoms with Gasteiger partial charge in [-0.25, -0.2) is 0 Å². The van der Waals surface area contributed by atoms with Crippen molar-refractivity contribution in [3.63, 3.8) is 0 Å². The van der Waals surface area contributed by atoms with Gasteiger partial charge >= 0.3 is 0 Å². The van der Waals surface area contributed by atoms with Crippen molar-refractivity contribution in [1.82, 2.24) is 5.32 Å². The second-order valence-electron chi connectivity index (χ2n) is 4.91. The molecule has 0 aliphatic carbocycles. The fourth-order valence-corrected chi connectivity index (χ4v) is 2.37. The van der Waals surface area contributed by atoms with Crippen LogP contribution in [0.1, 0.15) is 30.5 Å². The third-order valence-electron chi connectivity index (χ3n) is 3.50. The predicted molar refractivity (Wildman–Crippen MR) is 89.5 cm³/mol. The maximum atomic E-state index is 5.92. The molecule has 0 heterocycles. The largest absolute Gasteiger partial charge is 0.489 e. The second-order valence-corrected chi connectivity index (χ2v) is 4.91. The smallest absolute Gasteiger partial charge is 0.124 e. The standard InChI is InChI=1S/C19H23NO/c1-3-18(20-2)17-13-7-8-14-19(17)21-15-9-12-16-10-5-4-6-11-16/h4-14,18,20H,3,15H2,1-2H3/b12-9+. The summed E-state index contributed by atoms with van der Waals surface area (Å²) in [5.41, 5.74) is 2.41. The van der Waals surface area contributed by atoms with Crippen LogP contribution in [0.2, 0.25) is 0 Å². The number of para-hydroxylation sites is 1. The minimum atomic E-state index is 0.333. The van der Waals surface area contributed by atoms with Gasteiger partial charge in [0.2, 0.25) is 0 Å². The van der Waals surface area contributed by atoms with Crippen LogP contribution in [0.4, 0.5) is 0 Å². The molecule has 2 aromatic rings. The highest BCUT2D eigenvalue weighted by Crippen LogP contribution is 2.26. The Morgan fingerprint density at radius 2 is 1.76 bits per heavy atom. The average Bonchev–Trinajstić information content (AvgIpc) is 2.55. The van der Waals surface area contributed by atoms with Crippen molar-refractivity contribution in [2.75, 3.05) is 13.7 Å². The lowest BCUT2D eigenvalue weighted by atomic mass is 10.0. The van der Waals surface area contributed by atoms with Gasteiger partial charge in [-0.2, -0.15) is 0 Å². The highest BCUT2D eigenvalue weighted by molar-refractivity contribution is 5.48. The average molecular weight is 281 g/mol. The van der Waals surface area contributed by atoms with Gasteiger partial charge in [0, 0.05) is 11.6 Å². The van der Waals surface area contributed by atoms with Crippen molar-refractivity contribution in [1.29, 1.82) is 0 Å². The lowest BCUT2D eigenvalue weighted by molar-refractivity contribution is 0.353. The van der Waals surface area contributed by atoms with Gasteiger partial charge < -0.3 is 10.1 Å². The predicted octanol–water partition coefficient (Wildman–Crippen LogP) is 4.45. The maximum Gasteiger partial charge on any atom is 0.124 e. The lowest BCUT2D eigenvalue weighted by Crippen LogP contribution is -2.16. The Kier molecular flexibility index (Phi) is 6.04. The first-order valence-electron chi connectivity index (χ1n) is 7.45. The summed E-state index contributed by atoms with van der Waals surface area (Å²) in [7, 11) is 1.99. The Balaban J connectivity index is 1.99. The van der Waals surface area contributed by atoms with Crippen LogP contribution in [0, 0.1) is 0 Å². The molecule has 1 N–H and O–H groups in total. The Labute approximate surface area is 127 Å². The summed E-state index contributed by atoms with van der Waals surface area (Å²) in [4.78, 5) is 0. The number of hydrogen-bond acceptors (Lipinski definition) is 2. The van der Waals surface area contributed by atoms with Crippen molar-refractivity contribution in [2.24, 2.45) is 0 Å². The van der Waals surface area contributed by atoms with Gasteiger partial charge in [-0.05, 0) is 31.2 Å². The molecular formula is C19H23NO. The number of rotatable bonds is 7. The first kappa shape index (κ1) is 15.3. The monoisotopic (exact) mass is 281 g/mol. The van der Waals surface area contributed by atoms with Gasteiger partial charge in [-0.15, -0.1) is 0 Å². The number of benzene rings is 2. The van der Waals surface area contributed by atoms with E-state index in [1.165, 1.54) is 11.1 Å². The second kappa shape index (κ2) is 8.28. The SMILES string of the molecule is CCC(NC)c1ccccc1OC/C=C/c1ccccc1. The van der Waals surface area contributed by atoms with Crippen molar-refractivity contribution in [2.45, 2.75) is 19.4 Å².